The van der Waals surface area contributed by atoms with E-state index in [4.69, 9.17) is 0 Å². The Morgan fingerprint density at radius 1 is 1.36 bits per heavy atom. The Bertz CT molecular complexity index is 555. The van der Waals surface area contributed by atoms with E-state index in [1.165, 1.54) is 6.42 Å². The summed E-state index contributed by atoms with van der Waals surface area (Å²) in [5.74, 6) is 0.0247. The van der Waals surface area contributed by atoms with Crippen LogP contribution in [0.1, 0.15) is 25.7 Å². The first kappa shape index (κ1) is 14.8. The molecule has 0 aliphatic carbocycles. The summed E-state index contributed by atoms with van der Waals surface area (Å²) in [6.45, 7) is 2.37. The Balaban J connectivity index is 1.55. The summed E-state index contributed by atoms with van der Waals surface area (Å²) in [6.07, 6.45) is 3.76. The van der Waals surface area contributed by atoms with Crippen LogP contribution >= 0.6 is 0 Å². The molecule has 3 N–H and O–H groups in total. The number of anilines is 2. The van der Waals surface area contributed by atoms with Gasteiger partial charge in [-0.3, -0.25) is 9.69 Å². The van der Waals surface area contributed by atoms with Crippen molar-refractivity contribution >= 4 is 23.3 Å². The summed E-state index contributed by atoms with van der Waals surface area (Å²) in [6, 6.07) is 7.82. The zero-order valence-electron chi connectivity index (χ0n) is 12.6. The quantitative estimate of drug-likeness (QED) is 0.775. The van der Waals surface area contributed by atoms with Crippen molar-refractivity contribution in [3.63, 3.8) is 0 Å². The van der Waals surface area contributed by atoms with Gasteiger partial charge in [-0.2, -0.15) is 0 Å². The van der Waals surface area contributed by atoms with Crippen LogP contribution in [0.5, 0.6) is 0 Å². The molecule has 0 aromatic heterocycles. The van der Waals surface area contributed by atoms with Gasteiger partial charge in [-0.15, -0.1) is 0 Å². The Morgan fingerprint density at radius 3 is 3.00 bits per heavy atom. The first-order chi connectivity index (χ1) is 10.7. The molecule has 2 fully saturated rings. The smallest absolute Gasteiger partial charge is 0.321 e. The van der Waals surface area contributed by atoms with Gasteiger partial charge < -0.3 is 16.0 Å². The van der Waals surface area contributed by atoms with Crippen LogP contribution in [-0.2, 0) is 4.79 Å². The molecule has 0 saturated carbocycles. The topological polar surface area (TPSA) is 73.5 Å². The molecule has 1 aromatic carbocycles. The van der Waals surface area contributed by atoms with Crippen molar-refractivity contribution in [1.82, 2.24) is 10.6 Å². The number of amides is 3. The lowest BCUT2D eigenvalue weighted by atomic mass is 10.1. The molecular weight excluding hydrogens is 280 g/mol. The molecule has 0 bridgehead atoms. The average molecular weight is 302 g/mol. The van der Waals surface area contributed by atoms with E-state index in [0.717, 1.165) is 30.8 Å². The predicted octanol–water partition coefficient (Wildman–Crippen LogP) is 1.69. The summed E-state index contributed by atoms with van der Waals surface area (Å²) >= 11 is 0. The van der Waals surface area contributed by atoms with E-state index in [-0.39, 0.29) is 11.9 Å². The standard InChI is InChI=1S/C16H22N4O2/c21-15(7-6-12-4-2-8-17-12)19-13-3-1-5-14(11-13)20-10-9-18-16(20)22/h1,3,5,11-12,17H,2,4,6-10H2,(H,18,22)(H,19,21). The summed E-state index contributed by atoms with van der Waals surface area (Å²) in [7, 11) is 0. The van der Waals surface area contributed by atoms with Crippen LogP contribution < -0.4 is 20.9 Å². The fourth-order valence-corrected chi connectivity index (χ4v) is 3.00. The molecule has 0 spiro atoms. The normalized spacial score (nSPS) is 21.0. The maximum Gasteiger partial charge on any atom is 0.321 e. The Morgan fingerprint density at radius 2 is 2.27 bits per heavy atom. The molecule has 6 nitrogen and oxygen atoms in total. The molecule has 1 unspecified atom stereocenters. The van der Waals surface area contributed by atoms with Gasteiger partial charge in [0.25, 0.3) is 0 Å². The van der Waals surface area contributed by atoms with Gasteiger partial charge in [0.15, 0.2) is 0 Å². The highest BCUT2D eigenvalue weighted by Crippen LogP contribution is 2.21. The summed E-state index contributed by atoms with van der Waals surface area (Å²) in [5, 5.41) is 9.09. The van der Waals surface area contributed by atoms with Crippen molar-refractivity contribution in [3.8, 4) is 0 Å². The monoisotopic (exact) mass is 302 g/mol. The highest BCUT2D eigenvalue weighted by atomic mass is 16.2. The highest BCUT2D eigenvalue weighted by molar-refractivity contribution is 5.96. The van der Waals surface area contributed by atoms with Crippen molar-refractivity contribution < 1.29 is 9.59 Å². The van der Waals surface area contributed by atoms with Gasteiger partial charge in [0.1, 0.15) is 0 Å². The number of nitrogens with zero attached hydrogens (tertiary/aromatic N) is 1. The molecule has 2 heterocycles. The van der Waals surface area contributed by atoms with Crippen molar-refractivity contribution in [2.45, 2.75) is 31.7 Å². The third-order valence-corrected chi connectivity index (χ3v) is 4.18. The van der Waals surface area contributed by atoms with E-state index in [0.29, 0.717) is 25.6 Å². The largest absolute Gasteiger partial charge is 0.336 e. The van der Waals surface area contributed by atoms with Gasteiger partial charge in [-0.1, -0.05) is 6.07 Å². The lowest BCUT2D eigenvalue weighted by molar-refractivity contribution is -0.116. The summed E-state index contributed by atoms with van der Waals surface area (Å²) < 4.78 is 0. The van der Waals surface area contributed by atoms with Gasteiger partial charge in [0, 0.05) is 36.9 Å². The number of rotatable bonds is 5. The van der Waals surface area contributed by atoms with Crippen molar-refractivity contribution in [2.75, 3.05) is 29.9 Å². The molecule has 0 radical (unpaired) electrons. The first-order valence-electron chi connectivity index (χ1n) is 7.91. The van der Waals surface area contributed by atoms with E-state index >= 15 is 0 Å². The molecule has 1 atom stereocenters. The molecule has 2 saturated heterocycles. The second-order valence-electron chi connectivity index (χ2n) is 5.81. The lowest BCUT2D eigenvalue weighted by Gasteiger charge is -2.16. The Kier molecular flexibility index (Phi) is 4.58. The number of urea groups is 1. The minimum Gasteiger partial charge on any atom is -0.336 e. The fourth-order valence-electron chi connectivity index (χ4n) is 3.00. The third kappa shape index (κ3) is 3.57. The highest BCUT2D eigenvalue weighted by Gasteiger charge is 2.21. The second kappa shape index (κ2) is 6.79. The van der Waals surface area contributed by atoms with Crippen LogP contribution in [0.15, 0.2) is 24.3 Å². The molecule has 22 heavy (non-hydrogen) atoms. The molecule has 6 heteroatoms. The van der Waals surface area contributed by atoms with Gasteiger partial charge in [-0.25, -0.2) is 4.79 Å². The zero-order chi connectivity index (χ0) is 15.4. The van der Waals surface area contributed by atoms with E-state index < -0.39 is 0 Å². The maximum absolute atomic E-state index is 12.0. The first-order valence-corrected chi connectivity index (χ1v) is 7.91. The SMILES string of the molecule is O=C(CCC1CCCN1)Nc1cccc(N2CCNC2=O)c1. The zero-order valence-corrected chi connectivity index (χ0v) is 12.6. The number of carbonyl (C=O) groups excluding carboxylic acids is 2. The van der Waals surface area contributed by atoms with Gasteiger partial charge in [0.2, 0.25) is 5.91 Å². The van der Waals surface area contributed by atoms with Crippen molar-refractivity contribution in [1.29, 1.82) is 0 Å². The Labute approximate surface area is 130 Å². The van der Waals surface area contributed by atoms with E-state index in [9.17, 15) is 9.59 Å². The molecular formula is C16H22N4O2. The van der Waals surface area contributed by atoms with Gasteiger partial charge in [-0.05, 0) is 44.0 Å². The van der Waals surface area contributed by atoms with Crippen LogP contribution in [-0.4, -0.2) is 37.6 Å². The molecule has 118 valence electrons. The number of carbonyl (C=O) groups is 2. The molecule has 1 aromatic rings. The average Bonchev–Trinajstić information content (AvgIpc) is 3.16. The number of nitrogens with one attached hydrogen (secondary N) is 3. The second-order valence-corrected chi connectivity index (χ2v) is 5.81. The van der Waals surface area contributed by atoms with Crippen molar-refractivity contribution in [3.05, 3.63) is 24.3 Å². The number of benzene rings is 1. The number of hydrogen-bond donors (Lipinski definition) is 3. The van der Waals surface area contributed by atoms with Gasteiger partial charge >= 0.3 is 6.03 Å². The third-order valence-electron chi connectivity index (χ3n) is 4.18. The molecule has 3 amide bonds. The van der Waals surface area contributed by atoms with Crippen molar-refractivity contribution in [2.24, 2.45) is 0 Å². The Hall–Kier alpha value is -2.08. The summed E-state index contributed by atoms with van der Waals surface area (Å²) in [5.41, 5.74) is 1.55. The van der Waals surface area contributed by atoms with Crippen LogP contribution in [0.25, 0.3) is 0 Å². The summed E-state index contributed by atoms with van der Waals surface area (Å²) in [4.78, 5) is 25.4. The molecule has 3 rings (SSSR count). The van der Waals surface area contributed by atoms with Gasteiger partial charge in [0.05, 0.1) is 0 Å². The van der Waals surface area contributed by atoms with E-state index in [1.807, 2.05) is 24.3 Å². The minimum atomic E-state index is -0.0872. The van der Waals surface area contributed by atoms with Crippen LogP contribution in [0.3, 0.4) is 0 Å². The van der Waals surface area contributed by atoms with Crippen LogP contribution in [0, 0.1) is 0 Å². The maximum atomic E-state index is 12.0. The molecule has 2 aliphatic rings. The van der Waals surface area contributed by atoms with E-state index in [1.54, 1.807) is 4.90 Å². The number of hydrogen-bond acceptors (Lipinski definition) is 3. The van der Waals surface area contributed by atoms with Crippen LogP contribution in [0.2, 0.25) is 0 Å². The van der Waals surface area contributed by atoms with Crippen LogP contribution in [0.4, 0.5) is 16.2 Å². The molecule has 2 aliphatic heterocycles. The van der Waals surface area contributed by atoms with E-state index in [2.05, 4.69) is 16.0 Å². The lowest BCUT2D eigenvalue weighted by Crippen LogP contribution is -2.27. The fraction of sp³-hybridized carbons (Fsp3) is 0.500. The predicted molar refractivity (Wildman–Crippen MR) is 86.1 cm³/mol. The minimum absolute atomic E-state index is 0.0247.